The number of hydrogen-bond acceptors (Lipinski definition) is 4. The number of nitrogens with one attached hydrogen (secondary N) is 2. The number of rotatable bonds is 6. The van der Waals surface area contributed by atoms with Crippen molar-refractivity contribution in [3.8, 4) is 0 Å². The lowest BCUT2D eigenvalue weighted by Gasteiger charge is -2.09. The van der Waals surface area contributed by atoms with Crippen molar-refractivity contribution in [3.05, 3.63) is 29.3 Å². The van der Waals surface area contributed by atoms with Crippen LogP contribution in [0.3, 0.4) is 0 Å². The van der Waals surface area contributed by atoms with Gasteiger partial charge in [-0.05, 0) is 56.0 Å². The van der Waals surface area contributed by atoms with Crippen LogP contribution in [0.4, 0.5) is 5.69 Å². The molecule has 0 atom stereocenters. The monoisotopic (exact) mass is 312 g/mol. The molecule has 1 saturated carbocycles. The third-order valence-electron chi connectivity index (χ3n) is 3.33. The molecule has 6 heteroatoms. The van der Waals surface area contributed by atoms with Gasteiger partial charge in [0.1, 0.15) is 0 Å². The third kappa shape index (κ3) is 5.36. The maximum absolute atomic E-state index is 11.7. The fraction of sp³-hybridized carbons (Fsp3) is 0.467. The lowest BCUT2D eigenvalue weighted by Crippen LogP contribution is -2.29. The van der Waals surface area contributed by atoms with Crippen LogP contribution in [-0.4, -0.2) is 32.1 Å². The Morgan fingerprint density at radius 3 is 2.62 bits per heavy atom. The van der Waals surface area contributed by atoms with Gasteiger partial charge in [-0.25, -0.2) is 4.79 Å². The summed E-state index contributed by atoms with van der Waals surface area (Å²) < 4.78 is 4.68. The normalized spacial score (nSPS) is 13.2. The first-order chi connectivity index (χ1) is 9.60. The molecular formula is C15H21ClN2O3. The summed E-state index contributed by atoms with van der Waals surface area (Å²) in [5, 5.41) is 5.94. The van der Waals surface area contributed by atoms with Gasteiger partial charge in [-0.2, -0.15) is 0 Å². The fourth-order valence-electron chi connectivity index (χ4n) is 2.00. The van der Waals surface area contributed by atoms with E-state index in [4.69, 9.17) is 0 Å². The molecule has 5 nitrogen and oxygen atoms in total. The van der Waals surface area contributed by atoms with Crippen LogP contribution in [0.1, 0.15) is 28.8 Å². The summed E-state index contributed by atoms with van der Waals surface area (Å²) in [6.07, 6.45) is 2.53. The van der Waals surface area contributed by atoms with Gasteiger partial charge in [-0.3, -0.25) is 4.79 Å². The van der Waals surface area contributed by atoms with Gasteiger partial charge in [0.05, 0.1) is 19.2 Å². The number of aryl methyl sites for hydroxylation is 1. The Labute approximate surface area is 130 Å². The highest BCUT2D eigenvalue weighted by molar-refractivity contribution is 5.94. The van der Waals surface area contributed by atoms with E-state index < -0.39 is 0 Å². The molecule has 0 saturated heterocycles. The second-order valence-corrected chi connectivity index (χ2v) is 5.14. The first kappa shape index (κ1) is 17.5. The van der Waals surface area contributed by atoms with Crippen molar-refractivity contribution in [1.29, 1.82) is 0 Å². The highest BCUT2D eigenvalue weighted by Gasteiger charge is 2.20. The van der Waals surface area contributed by atoms with Crippen molar-refractivity contribution >= 4 is 30.0 Å². The molecule has 1 fully saturated rings. The van der Waals surface area contributed by atoms with Crippen molar-refractivity contribution in [2.45, 2.75) is 19.8 Å². The fourth-order valence-corrected chi connectivity index (χ4v) is 2.00. The molecule has 1 aliphatic rings. The maximum atomic E-state index is 11.7. The summed E-state index contributed by atoms with van der Waals surface area (Å²) in [5.74, 6) is 0.312. The van der Waals surface area contributed by atoms with Crippen LogP contribution >= 0.6 is 12.4 Å². The minimum absolute atomic E-state index is 0. The number of amides is 1. The third-order valence-corrected chi connectivity index (χ3v) is 3.33. The summed E-state index contributed by atoms with van der Waals surface area (Å²) in [5.41, 5.74) is 1.98. The standard InChI is InChI=1S/C15H20N2O3.ClH/c1-10-7-12(5-6-13(10)15(19)20-2)17-14(18)9-16-8-11-3-4-11;/h5-7,11,16H,3-4,8-9H2,1-2H3,(H,17,18);1H. The highest BCUT2D eigenvalue weighted by atomic mass is 35.5. The minimum Gasteiger partial charge on any atom is -0.465 e. The van der Waals surface area contributed by atoms with Gasteiger partial charge in [-0.15, -0.1) is 12.4 Å². The molecule has 1 aromatic rings. The highest BCUT2D eigenvalue weighted by Crippen LogP contribution is 2.27. The van der Waals surface area contributed by atoms with Crippen molar-refractivity contribution in [2.75, 3.05) is 25.5 Å². The first-order valence-corrected chi connectivity index (χ1v) is 6.79. The predicted molar refractivity (Wildman–Crippen MR) is 84.0 cm³/mol. The lowest BCUT2D eigenvalue weighted by atomic mass is 10.1. The Morgan fingerprint density at radius 1 is 1.33 bits per heavy atom. The Morgan fingerprint density at radius 2 is 2.05 bits per heavy atom. The smallest absolute Gasteiger partial charge is 0.338 e. The van der Waals surface area contributed by atoms with Gasteiger partial charge in [0, 0.05) is 5.69 Å². The molecule has 0 unspecified atom stereocenters. The van der Waals surface area contributed by atoms with Gasteiger partial charge in [0.2, 0.25) is 5.91 Å². The van der Waals surface area contributed by atoms with Gasteiger partial charge in [0.15, 0.2) is 0 Å². The van der Waals surface area contributed by atoms with Crippen molar-refractivity contribution in [1.82, 2.24) is 5.32 Å². The van der Waals surface area contributed by atoms with Gasteiger partial charge in [-0.1, -0.05) is 0 Å². The van der Waals surface area contributed by atoms with E-state index in [9.17, 15) is 9.59 Å². The molecule has 0 aliphatic heterocycles. The Bertz CT molecular complexity index is 516. The zero-order chi connectivity index (χ0) is 14.5. The number of esters is 1. The molecule has 0 heterocycles. The molecule has 1 aliphatic carbocycles. The number of hydrogen-bond donors (Lipinski definition) is 2. The number of anilines is 1. The average Bonchev–Trinajstić information content (AvgIpc) is 3.22. The summed E-state index contributed by atoms with van der Waals surface area (Å²) in [6, 6.07) is 5.14. The molecule has 1 amide bonds. The van der Waals surface area contributed by atoms with E-state index in [2.05, 4.69) is 15.4 Å². The first-order valence-electron chi connectivity index (χ1n) is 6.79. The number of carbonyl (C=O) groups is 2. The van der Waals surface area contributed by atoms with Gasteiger partial charge in [0.25, 0.3) is 0 Å². The van der Waals surface area contributed by atoms with Gasteiger partial charge < -0.3 is 15.4 Å². The second kappa shape index (κ2) is 8.00. The van der Waals surface area contributed by atoms with Gasteiger partial charge >= 0.3 is 5.97 Å². The van der Waals surface area contributed by atoms with Crippen LogP contribution in [0.25, 0.3) is 0 Å². The van der Waals surface area contributed by atoms with E-state index in [1.54, 1.807) is 18.2 Å². The van der Waals surface area contributed by atoms with E-state index >= 15 is 0 Å². The number of benzene rings is 1. The average molecular weight is 313 g/mol. The Hall–Kier alpha value is -1.59. The number of carbonyl (C=O) groups excluding carboxylic acids is 2. The Balaban J connectivity index is 0.00000220. The van der Waals surface area contributed by atoms with E-state index in [0.717, 1.165) is 18.0 Å². The van der Waals surface area contributed by atoms with Crippen LogP contribution in [0.15, 0.2) is 18.2 Å². The molecule has 116 valence electrons. The predicted octanol–water partition coefficient (Wildman–Crippen LogP) is 2.14. The SMILES string of the molecule is COC(=O)c1ccc(NC(=O)CNCC2CC2)cc1C.Cl. The van der Waals surface area contributed by atoms with Crippen molar-refractivity contribution < 1.29 is 14.3 Å². The van der Waals surface area contributed by atoms with E-state index in [1.807, 2.05) is 6.92 Å². The zero-order valence-corrected chi connectivity index (χ0v) is 13.1. The molecule has 1 aromatic carbocycles. The molecule has 0 spiro atoms. The van der Waals surface area contributed by atoms with Crippen molar-refractivity contribution in [2.24, 2.45) is 5.92 Å². The summed E-state index contributed by atoms with van der Waals surface area (Å²) in [7, 11) is 1.35. The van der Waals surface area contributed by atoms with E-state index in [-0.39, 0.29) is 24.3 Å². The summed E-state index contributed by atoms with van der Waals surface area (Å²) >= 11 is 0. The molecule has 2 N–H and O–H groups in total. The lowest BCUT2D eigenvalue weighted by molar-refractivity contribution is -0.115. The molecule has 2 rings (SSSR count). The van der Waals surface area contributed by atoms with Crippen LogP contribution in [-0.2, 0) is 9.53 Å². The molecule has 0 aromatic heterocycles. The molecule has 0 bridgehead atoms. The van der Waals surface area contributed by atoms with Crippen LogP contribution in [0, 0.1) is 12.8 Å². The van der Waals surface area contributed by atoms with E-state index in [1.165, 1.54) is 20.0 Å². The minimum atomic E-state index is -0.369. The van der Waals surface area contributed by atoms with E-state index in [0.29, 0.717) is 17.8 Å². The maximum Gasteiger partial charge on any atom is 0.338 e. The Kier molecular flexibility index (Phi) is 6.65. The van der Waals surface area contributed by atoms with Crippen LogP contribution < -0.4 is 10.6 Å². The number of methoxy groups -OCH3 is 1. The van der Waals surface area contributed by atoms with Crippen molar-refractivity contribution in [3.63, 3.8) is 0 Å². The second-order valence-electron chi connectivity index (χ2n) is 5.14. The summed E-state index contributed by atoms with van der Waals surface area (Å²) in [6.45, 7) is 3.04. The molecule has 21 heavy (non-hydrogen) atoms. The molecule has 0 radical (unpaired) electrons. The zero-order valence-electron chi connectivity index (χ0n) is 12.3. The summed E-state index contributed by atoms with van der Waals surface area (Å²) in [4.78, 5) is 23.2. The topological polar surface area (TPSA) is 67.4 Å². The van der Waals surface area contributed by atoms with Crippen LogP contribution in [0.5, 0.6) is 0 Å². The molecular weight excluding hydrogens is 292 g/mol. The largest absolute Gasteiger partial charge is 0.465 e. The number of ether oxygens (including phenoxy) is 1. The number of halogens is 1. The van der Waals surface area contributed by atoms with Crippen LogP contribution in [0.2, 0.25) is 0 Å². The quantitative estimate of drug-likeness (QED) is 0.790.